The molecule has 0 fully saturated rings. The van der Waals surface area contributed by atoms with Gasteiger partial charge in [-0.1, -0.05) is 45.7 Å². The molecule has 0 bridgehead atoms. The van der Waals surface area contributed by atoms with Crippen LogP contribution in [0.2, 0.25) is 5.02 Å². The van der Waals surface area contributed by atoms with Gasteiger partial charge in [0.05, 0.1) is 30.2 Å². The number of halogens is 2. The number of anilines is 1. The van der Waals surface area contributed by atoms with Crippen molar-refractivity contribution in [2.75, 3.05) is 5.32 Å². The SMILES string of the molecule is O=C(Nc1ccnn1Cc1ccc(Br)cc1)c1cnn(-c2cccc(Cl)c2)c1. The van der Waals surface area contributed by atoms with Crippen LogP contribution in [0.5, 0.6) is 0 Å². The van der Waals surface area contributed by atoms with E-state index >= 15 is 0 Å². The summed E-state index contributed by atoms with van der Waals surface area (Å²) in [6.45, 7) is 0.553. The summed E-state index contributed by atoms with van der Waals surface area (Å²) in [4.78, 5) is 12.6. The Labute approximate surface area is 174 Å². The van der Waals surface area contributed by atoms with Crippen LogP contribution >= 0.6 is 27.5 Å². The maximum atomic E-state index is 12.6. The summed E-state index contributed by atoms with van der Waals surface area (Å²) in [5.74, 6) is 0.356. The molecule has 4 rings (SSSR count). The third-order valence-electron chi connectivity index (χ3n) is 4.12. The highest BCUT2D eigenvalue weighted by Gasteiger charge is 2.13. The molecule has 0 unspecified atom stereocenters. The van der Waals surface area contributed by atoms with Crippen LogP contribution in [0.4, 0.5) is 5.82 Å². The van der Waals surface area contributed by atoms with Crippen molar-refractivity contribution in [3.05, 3.63) is 93.8 Å². The predicted molar refractivity (Wildman–Crippen MR) is 112 cm³/mol. The molecule has 28 heavy (non-hydrogen) atoms. The molecule has 2 heterocycles. The second kappa shape index (κ2) is 8.00. The summed E-state index contributed by atoms with van der Waals surface area (Å²) in [5.41, 5.74) is 2.30. The topological polar surface area (TPSA) is 64.7 Å². The Morgan fingerprint density at radius 3 is 2.71 bits per heavy atom. The standard InChI is InChI=1S/C20H15BrClN5O/c21-16-6-4-14(5-7-16)12-27-19(8-9-23-27)25-20(28)15-11-24-26(13-15)18-3-1-2-17(22)10-18/h1-11,13H,12H2,(H,25,28). The van der Waals surface area contributed by atoms with E-state index in [1.165, 1.54) is 6.20 Å². The highest BCUT2D eigenvalue weighted by molar-refractivity contribution is 9.10. The number of benzene rings is 2. The fourth-order valence-electron chi connectivity index (χ4n) is 2.72. The average Bonchev–Trinajstić information content (AvgIpc) is 3.34. The molecule has 2 aromatic carbocycles. The quantitative estimate of drug-likeness (QED) is 0.470. The maximum Gasteiger partial charge on any atom is 0.260 e. The molecule has 0 saturated carbocycles. The molecule has 0 saturated heterocycles. The van der Waals surface area contributed by atoms with Crippen molar-refractivity contribution in [3.8, 4) is 5.69 Å². The summed E-state index contributed by atoms with van der Waals surface area (Å²) >= 11 is 9.44. The van der Waals surface area contributed by atoms with E-state index in [2.05, 4.69) is 31.4 Å². The van der Waals surface area contributed by atoms with Crippen molar-refractivity contribution in [2.24, 2.45) is 0 Å². The van der Waals surface area contributed by atoms with Gasteiger partial charge in [-0.2, -0.15) is 10.2 Å². The van der Waals surface area contributed by atoms with Gasteiger partial charge in [0.1, 0.15) is 5.82 Å². The molecule has 2 aromatic heterocycles. The predicted octanol–water partition coefficient (Wildman–Crippen LogP) is 4.79. The Bertz CT molecular complexity index is 1120. The molecule has 0 atom stereocenters. The number of amides is 1. The Balaban J connectivity index is 1.49. The Morgan fingerprint density at radius 1 is 1.11 bits per heavy atom. The van der Waals surface area contributed by atoms with Crippen molar-refractivity contribution in [3.63, 3.8) is 0 Å². The highest BCUT2D eigenvalue weighted by atomic mass is 79.9. The van der Waals surface area contributed by atoms with Gasteiger partial charge in [-0.15, -0.1) is 0 Å². The van der Waals surface area contributed by atoms with Crippen LogP contribution in [0.3, 0.4) is 0 Å². The van der Waals surface area contributed by atoms with Crippen LogP contribution < -0.4 is 5.32 Å². The van der Waals surface area contributed by atoms with Gasteiger partial charge < -0.3 is 5.32 Å². The molecule has 0 aliphatic heterocycles. The van der Waals surface area contributed by atoms with Crippen LogP contribution in [-0.4, -0.2) is 25.5 Å². The van der Waals surface area contributed by atoms with Crippen molar-refractivity contribution < 1.29 is 4.79 Å². The third-order valence-corrected chi connectivity index (χ3v) is 4.89. The molecular formula is C20H15BrClN5O. The first-order chi connectivity index (χ1) is 13.6. The first-order valence-electron chi connectivity index (χ1n) is 8.47. The smallest absolute Gasteiger partial charge is 0.260 e. The van der Waals surface area contributed by atoms with Crippen molar-refractivity contribution in [2.45, 2.75) is 6.54 Å². The van der Waals surface area contributed by atoms with Crippen LogP contribution in [0.25, 0.3) is 5.69 Å². The van der Waals surface area contributed by atoms with E-state index in [1.54, 1.807) is 40.0 Å². The zero-order valence-electron chi connectivity index (χ0n) is 14.6. The van der Waals surface area contributed by atoms with Gasteiger partial charge in [0.15, 0.2) is 0 Å². The van der Waals surface area contributed by atoms with E-state index in [0.717, 1.165) is 15.7 Å². The lowest BCUT2D eigenvalue weighted by atomic mass is 10.2. The minimum Gasteiger partial charge on any atom is -0.307 e. The van der Waals surface area contributed by atoms with E-state index in [4.69, 9.17) is 11.6 Å². The summed E-state index contributed by atoms with van der Waals surface area (Å²) in [7, 11) is 0. The molecule has 0 radical (unpaired) electrons. The van der Waals surface area contributed by atoms with Crippen LogP contribution in [0.1, 0.15) is 15.9 Å². The maximum absolute atomic E-state index is 12.6. The largest absolute Gasteiger partial charge is 0.307 e. The van der Waals surface area contributed by atoms with E-state index < -0.39 is 0 Å². The lowest BCUT2D eigenvalue weighted by molar-refractivity contribution is 0.102. The fraction of sp³-hybridized carbons (Fsp3) is 0.0500. The number of rotatable bonds is 5. The number of carbonyl (C=O) groups is 1. The Hall–Kier alpha value is -2.90. The zero-order chi connectivity index (χ0) is 19.5. The van der Waals surface area contributed by atoms with Crippen molar-refractivity contribution in [1.29, 1.82) is 0 Å². The lowest BCUT2D eigenvalue weighted by Gasteiger charge is -2.08. The summed E-state index contributed by atoms with van der Waals surface area (Å²) < 4.78 is 4.37. The normalized spacial score (nSPS) is 10.8. The van der Waals surface area contributed by atoms with Gasteiger partial charge in [-0.05, 0) is 35.9 Å². The summed E-state index contributed by atoms with van der Waals surface area (Å²) in [6.07, 6.45) is 4.84. The Kier molecular flexibility index (Phi) is 5.27. The Morgan fingerprint density at radius 2 is 1.93 bits per heavy atom. The number of hydrogen-bond donors (Lipinski definition) is 1. The van der Waals surface area contributed by atoms with E-state index in [0.29, 0.717) is 22.9 Å². The number of nitrogens with zero attached hydrogens (tertiary/aromatic N) is 4. The van der Waals surface area contributed by atoms with E-state index in [9.17, 15) is 4.79 Å². The fourth-order valence-corrected chi connectivity index (χ4v) is 3.16. The van der Waals surface area contributed by atoms with Crippen LogP contribution in [-0.2, 0) is 6.54 Å². The first-order valence-corrected chi connectivity index (χ1v) is 9.64. The van der Waals surface area contributed by atoms with Crippen LogP contribution in [0.15, 0.2) is 77.7 Å². The molecule has 140 valence electrons. The van der Waals surface area contributed by atoms with Gasteiger partial charge in [0, 0.05) is 21.8 Å². The first kappa shape index (κ1) is 18.5. The van der Waals surface area contributed by atoms with Gasteiger partial charge in [-0.3, -0.25) is 4.79 Å². The molecule has 4 aromatic rings. The minimum absolute atomic E-state index is 0.258. The molecule has 0 aliphatic carbocycles. The highest BCUT2D eigenvalue weighted by Crippen LogP contribution is 2.17. The monoisotopic (exact) mass is 455 g/mol. The van der Waals surface area contributed by atoms with E-state index in [-0.39, 0.29) is 5.91 Å². The molecule has 0 aliphatic rings. The van der Waals surface area contributed by atoms with Crippen molar-refractivity contribution in [1.82, 2.24) is 19.6 Å². The second-order valence-electron chi connectivity index (χ2n) is 6.11. The number of hydrogen-bond acceptors (Lipinski definition) is 3. The van der Waals surface area contributed by atoms with Gasteiger partial charge in [-0.25, -0.2) is 9.36 Å². The summed E-state index contributed by atoms with van der Waals surface area (Å²) in [6, 6.07) is 17.0. The zero-order valence-corrected chi connectivity index (χ0v) is 16.9. The average molecular weight is 457 g/mol. The van der Waals surface area contributed by atoms with Crippen LogP contribution in [0, 0.1) is 0 Å². The third kappa shape index (κ3) is 4.16. The minimum atomic E-state index is -0.258. The number of nitrogens with one attached hydrogen (secondary N) is 1. The molecule has 1 amide bonds. The number of aromatic nitrogens is 4. The van der Waals surface area contributed by atoms with Crippen molar-refractivity contribution >= 4 is 39.3 Å². The van der Waals surface area contributed by atoms with E-state index in [1.807, 2.05) is 36.4 Å². The molecular weight excluding hydrogens is 442 g/mol. The second-order valence-corrected chi connectivity index (χ2v) is 7.46. The van der Waals surface area contributed by atoms with Gasteiger partial charge >= 0.3 is 0 Å². The van der Waals surface area contributed by atoms with Gasteiger partial charge in [0.2, 0.25) is 0 Å². The molecule has 0 spiro atoms. The molecule has 6 nitrogen and oxygen atoms in total. The molecule has 1 N–H and O–H groups in total. The van der Waals surface area contributed by atoms with Gasteiger partial charge in [0.25, 0.3) is 5.91 Å². The number of carbonyl (C=O) groups excluding carboxylic acids is 1. The molecule has 8 heteroatoms. The lowest BCUT2D eigenvalue weighted by Crippen LogP contribution is -2.15. The summed E-state index contributed by atoms with van der Waals surface area (Å²) in [5, 5.41) is 12.0.